The van der Waals surface area contributed by atoms with E-state index in [-0.39, 0.29) is 23.9 Å². The molecule has 3 aromatic rings. The predicted octanol–water partition coefficient (Wildman–Crippen LogP) is 0.730. The number of H-pyrrole nitrogens is 1. The summed E-state index contributed by atoms with van der Waals surface area (Å²) < 4.78 is 6.15. The first-order valence-electron chi connectivity index (χ1n) is 7.66. The third kappa shape index (κ3) is 3.08. The first kappa shape index (κ1) is 16.6. The number of fused-ring (bicyclic) bond motifs is 1. The summed E-state index contributed by atoms with van der Waals surface area (Å²) >= 11 is 0. The van der Waals surface area contributed by atoms with Gasteiger partial charge in [-0.25, -0.2) is 14.8 Å². The van der Waals surface area contributed by atoms with E-state index in [0.717, 1.165) is 11.3 Å². The largest absolute Gasteiger partial charge is 0.468 e. The van der Waals surface area contributed by atoms with Crippen molar-refractivity contribution in [3.05, 3.63) is 45.9 Å². The van der Waals surface area contributed by atoms with Crippen LogP contribution in [0.1, 0.15) is 29.9 Å². The van der Waals surface area contributed by atoms with Crippen molar-refractivity contribution in [2.75, 3.05) is 12.8 Å². The molecule has 0 amide bonds. The number of hydrogen-bond acceptors (Lipinski definition) is 7. The second kappa shape index (κ2) is 6.34. The minimum absolute atomic E-state index is 0.105. The number of nitrogens with two attached hydrogens (primary N) is 1. The van der Waals surface area contributed by atoms with Crippen molar-refractivity contribution < 1.29 is 9.53 Å². The Hall–Kier alpha value is -3.23. The maximum Gasteiger partial charge on any atom is 0.328 e. The van der Waals surface area contributed by atoms with Crippen LogP contribution in [0.25, 0.3) is 11.2 Å². The van der Waals surface area contributed by atoms with Gasteiger partial charge in [-0.1, -0.05) is 6.07 Å². The molecule has 3 aromatic heterocycles. The summed E-state index contributed by atoms with van der Waals surface area (Å²) in [6, 6.07) is 3.75. The van der Waals surface area contributed by atoms with E-state index in [2.05, 4.69) is 19.9 Å². The van der Waals surface area contributed by atoms with Crippen LogP contribution >= 0.6 is 0 Å². The van der Waals surface area contributed by atoms with Crippen LogP contribution in [0.5, 0.6) is 0 Å². The molecule has 3 N–H and O–H groups in total. The number of methoxy groups -OCH3 is 1. The van der Waals surface area contributed by atoms with Crippen LogP contribution in [-0.2, 0) is 16.1 Å². The van der Waals surface area contributed by atoms with Crippen LogP contribution in [0, 0.1) is 6.92 Å². The van der Waals surface area contributed by atoms with E-state index in [9.17, 15) is 9.59 Å². The lowest BCUT2D eigenvalue weighted by Crippen LogP contribution is -2.19. The first-order valence-corrected chi connectivity index (χ1v) is 7.66. The second-order valence-electron chi connectivity index (χ2n) is 5.73. The number of aryl methyl sites for hydroxylation is 1. The third-order valence-electron chi connectivity index (χ3n) is 3.92. The molecule has 0 saturated carbocycles. The Labute approximate surface area is 142 Å². The number of imidazole rings is 1. The van der Waals surface area contributed by atoms with E-state index in [0.29, 0.717) is 11.2 Å². The molecule has 130 valence electrons. The van der Waals surface area contributed by atoms with Crippen molar-refractivity contribution in [2.24, 2.45) is 0 Å². The molecule has 0 spiro atoms. The fourth-order valence-electron chi connectivity index (χ4n) is 2.47. The third-order valence-corrected chi connectivity index (χ3v) is 3.92. The highest BCUT2D eigenvalue weighted by Gasteiger charge is 2.22. The lowest BCUT2D eigenvalue weighted by Gasteiger charge is -2.09. The molecule has 0 saturated heterocycles. The number of carbonyl (C=O) groups is 1. The van der Waals surface area contributed by atoms with Crippen molar-refractivity contribution in [3.8, 4) is 0 Å². The van der Waals surface area contributed by atoms with Gasteiger partial charge in [-0.15, -0.1) is 0 Å². The fourth-order valence-corrected chi connectivity index (χ4v) is 2.47. The minimum Gasteiger partial charge on any atom is -0.468 e. The standard InChI is InChI=1S/C16H18N6O3/c1-8-4-5-10(6-18-8)7-22-14-11(19-16(22)24)12(17)20-13(21-14)9(2)15(23)25-3/h4-6,9H,7H2,1-3H3,(H,19,24)(H2,17,20,21). The molecule has 25 heavy (non-hydrogen) atoms. The number of nitrogens with one attached hydrogen (secondary N) is 1. The highest BCUT2D eigenvalue weighted by Crippen LogP contribution is 2.20. The maximum atomic E-state index is 12.3. The van der Waals surface area contributed by atoms with Gasteiger partial charge >= 0.3 is 11.7 Å². The lowest BCUT2D eigenvalue weighted by atomic mass is 10.1. The van der Waals surface area contributed by atoms with Gasteiger partial charge in [-0.3, -0.25) is 14.3 Å². The molecule has 0 aliphatic rings. The highest BCUT2D eigenvalue weighted by molar-refractivity contribution is 5.83. The van der Waals surface area contributed by atoms with Gasteiger partial charge in [0.1, 0.15) is 17.3 Å². The van der Waals surface area contributed by atoms with Crippen molar-refractivity contribution >= 4 is 23.0 Å². The van der Waals surface area contributed by atoms with E-state index < -0.39 is 11.9 Å². The molecular formula is C16H18N6O3. The maximum absolute atomic E-state index is 12.3. The number of pyridine rings is 1. The molecule has 0 aliphatic heterocycles. The molecule has 3 rings (SSSR count). The van der Waals surface area contributed by atoms with E-state index in [1.54, 1.807) is 13.1 Å². The summed E-state index contributed by atoms with van der Waals surface area (Å²) in [4.78, 5) is 39.4. The van der Waals surface area contributed by atoms with E-state index in [4.69, 9.17) is 10.5 Å². The van der Waals surface area contributed by atoms with E-state index >= 15 is 0 Å². The normalized spacial score (nSPS) is 12.3. The Kier molecular flexibility index (Phi) is 4.22. The monoisotopic (exact) mass is 342 g/mol. The summed E-state index contributed by atoms with van der Waals surface area (Å²) in [5, 5.41) is 0. The Bertz CT molecular complexity index is 990. The van der Waals surface area contributed by atoms with Gasteiger partial charge in [0.25, 0.3) is 0 Å². The highest BCUT2D eigenvalue weighted by atomic mass is 16.5. The zero-order valence-electron chi connectivity index (χ0n) is 14.1. The van der Waals surface area contributed by atoms with Gasteiger partial charge < -0.3 is 15.5 Å². The van der Waals surface area contributed by atoms with Crippen molar-refractivity contribution in [3.63, 3.8) is 0 Å². The first-order chi connectivity index (χ1) is 11.9. The SMILES string of the molecule is COC(=O)C(C)c1nc(N)c2[nH]c(=O)n(Cc3ccc(C)nc3)c2n1. The second-order valence-corrected chi connectivity index (χ2v) is 5.73. The number of esters is 1. The Morgan fingerprint density at radius 3 is 2.80 bits per heavy atom. The fraction of sp³-hybridized carbons (Fsp3) is 0.312. The van der Waals surface area contributed by atoms with Gasteiger partial charge in [0.2, 0.25) is 0 Å². The minimum atomic E-state index is -0.698. The number of aromatic amines is 1. The van der Waals surface area contributed by atoms with Crippen LogP contribution in [0.2, 0.25) is 0 Å². The van der Waals surface area contributed by atoms with Crippen LogP contribution in [-0.4, -0.2) is 37.6 Å². The molecule has 1 atom stereocenters. The smallest absolute Gasteiger partial charge is 0.328 e. The predicted molar refractivity (Wildman–Crippen MR) is 91.1 cm³/mol. The summed E-state index contributed by atoms with van der Waals surface area (Å²) in [6.07, 6.45) is 1.70. The van der Waals surface area contributed by atoms with Gasteiger partial charge in [-0.05, 0) is 25.5 Å². The molecular weight excluding hydrogens is 324 g/mol. The summed E-state index contributed by atoms with van der Waals surface area (Å²) in [7, 11) is 1.29. The van der Waals surface area contributed by atoms with Crippen LogP contribution in [0.3, 0.4) is 0 Å². The number of nitrogens with zero attached hydrogens (tertiary/aromatic N) is 4. The Balaban J connectivity index is 2.10. The summed E-state index contributed by atoms with van der Waals surface area (Å²) in [5.41, 5.74) is 7.97. The Morgan fingerprint density at radius 1 is 1.40 bits per heavy atom. The molecule has 0 aromatic carbocycles. The molecule has 9 heteroatoms. The van der Waals surface area contributed by atoms with E-state index in [1.807, 2.05) is 19.1 Å². The number of ether oxygens (including phenoxy) is 1. The van der Waals surface area contributed by atoms with Gasteiger partial charge in [-0.2, -0.15) is 0 Å². The average Bonchev–Trinajstić information content (AvgIpc) is 2.92. The lowest BCUT2D eigenvalue weighted by molar-refractivity contribution is -0.142. The molecule has 1 unspecified atom stereocenters. The molecule has 3 heterocycles. The number of aromatic nitrogens is 5. The number of hydrogen-bond donors (Lipinski definition) is 2. The zero-order valence-corrected chi connectivity index (χ0v) is 14.1. The number of nitrogen functional groups attached to an aromatic ring is 1. The van der Waals surface area contributed by atoms with Crippen LogP contribution < -0.4 is 11.4 Å². The van der Waals surface area contributed by atoms with Gasteiger partial charge in [0.15, 0.2) is 11.5 Å². The van der Waals surface area contributed by atoms with Crippen molar-refractivity contribution in [1.29, 1.82) is 0 Å². The summed E-state index contributed by atoms with van der Waals surface area (Å²) in [5.74, 6) is -0.873. The van der Waals surface area contributed by atoms with Crippen molar-refractivity contribution in [2.45, 2.75) is 26.3 Å². The van der Waals surface area contributed by atoms with E-state index in [1.165, 1.54) is 11.7 Å². The van der Waals surface area contributed by atoms with Gasteiger partial charge in [0, 0.05) is 11.9 Å². The van der Waals surface area contributed by atoms with Crippen LogP contribution in [0.4, 0.5) is 5.82 Å². The summed E-state index contributed by atoms with van der Waals surface area (Å²) in [6.45, 7) is 3.77. The number of anilines is 1. The zero-order chi connectivity index (χ0) is 18.1. The quantitative estimate of drug-likeness (QED) is 0.669. The molecule has 0 radical (unpaired) electrons. The molecule has 0 fully saturated rings. The average molecular weight is 342 g/mol. The number of carbonyl (C=O) groups excluding carboxylic acids is 1. The Morgan fingerprint density at radius 2 is 2.16 bits per heavy atom. The molecule has 0 aliphatic carbocycles. The molecule has 9 nitrogen and oxygen atoms in total. The topological polar surface area (TPSA) is 129 Å². The van der Waals surface area contributed by atoms with Crippen molar-refractivity contribution in [1.82, 2.24) is 24.5 Å². The van der Waals surface area contributed by atoms with Crippen LogP contribution in [0.15, 0.2) is 23.1 Å². The van der Waals surface area contributed by atoms with Gasteiger partial charge in [0.05, 0.1) is 13.7 Å². The molecule has 0 bridgehead atoms. The number of rotatable bonds is 4.